The smallest absolute Gasteiger partial charge is 0.408 e. The monoisotopic (exact) mass is 379 g/mol. The van der Waals surface area contributed by atoms with Gasteiger partial charge >= 0.3 is 6.09 Å². The van der Waals surface area contributed by atoms with Gasteiger partial charge in [0.1, 0.15) is 5.60 Å². The van der Waals surface area contributed by atoms with Gasteiger partial charge in [-0.3, -0.25) is 4.99 Å². The van der Waals surface area contributed by atoms with Crippen molar-refractivity contribution in [1.29, 1.82) is 0 Å². The van der Waals surface area contributed by atoms with Crippen LogP contribution < -0.4 is 10.6 Å². The lowest BCUT2D eigenvalue weighted by Crippen LogP contribution is -2.57. The van der Waals surface area contributed by atoms with Crippen molar-refractivity contribution in [3.8, 4) is 0 Å². The first-order chi connectivity index (χ1) is 12.6. The third-order valence-corrected chi connectivity index (χ3v) is 4.73. The number of amides is 1. The second-order valence-corrected chi connectivity index (χ2v) is 7.98. The maximum absolute atomic E-state index is 12.3. The lowest BCUT2D eigenvalue weighted by atomic mass is 9.93. The molecule has 1 aromatic heterocycles. The molecule has 0 saturated carbocycles. The first-order valence-corrected chi connectivity index (χ1v) is 9.59. The number of hydrogen-bond acceptors (Lipinski definition) is 3. The Labute approximate surface area is 164 Å². The summed E-state index contributed by atoms with van der Waals surface area (Å²) in [6, 6.07) is 4.12. The number of nitrogens with one attached hydrogen (secondary N) is 2. The van der Waals surface area contributed by atoms with E-state index in [2.05, 4.69) is 45.0 Å². The van der Waals surface area contributed by atoms with Gasteiger partial charge in [-0.2, -0.15) is 0 Å². The molecule has 0 aliphatic carbocycles. The third-order valence-electron chi connectivity index (χ3n) is 4.73. The molecule has 0 aliphatic rings. The summed E-state index contributed by atoms with van der Waals surface area (Å²) in [5.74, 6) is 0.786. The quantitative estimate of drug-likeness (QED) is 0.564. The van der Waals surface area contributed by atoms with E-state index in [1.165, 1.54) is 5.69 Å². The molecule has 154 valence electrons. The Hall–Kier alpha value is -2.18. The van der Waals surface area contributed by atoms with Crippen LogP contribution in [0.2, 0.25) is 0 Å². The normalized spacial score (nSPS) is 12.7. The molecule has 2 N–H and O–H groups in total. The van der Waals surface area contributed by atoms with Crippen molar-refractivity contribution in [2.45, 2.75) is 65.1 Å². The predicted octanol–water partition coefficient (Wildman–Crippen LogP) is 3.12. The Bertz CT molecular complexity index is 627. The zero-order valence-corrected chi connectivity index (χ0v) is 18.2. The average Bonchev–Trinajstić information content (AvgIpc) is 2.97. The number of hydrogen-bond donors (Lipinski definition) is 2. The molecule has 0 spiro atoms. The Balaban J connectivity index is 2.75. The summed E-state index contributed by atoms with van der Waals surface area (Å²) in [4.78, 5) is 18.7. The van der Waals surface area contributed by atoms with Gasteiger partial charge in [0.2, 0.25) is 0 Å². The molecule has 27 heavy (non-hydrogen) atoms. The van der Waals surface area contributed by atoms with Crippen molar-refractivity contribution < 1.29 is 9.53 Å². The van der Waals surface area contributed by atoms with Gasteiger partial charge in [0.25, 0.3) is 0 Å². The average molecular weight is 380 g/mol. The number of guanidine groups is 1. The molecule has 0 aliphatic heterocycles. The van der Waals surface area contributed by atoms with Gasteiger partial charge in [0.15, 0.2) is 5.96 Å². The second-order valence-electron chi connectivity index (χ2n) is 7.98. The van der Waals surface area contributed by atoms with E-state index in [0.717, 1.165) is 25.3 Å². The molecule has 7 nitrogen and oxygen atoms in total. The standard InChI is InChI=1S/C20H37N5O2/c1-9-20(10-2,23-18(26)27-19(3,4)5)15-22-17(21-6)25(8)14-16-12-11-13-24(16)7/h11-13H,9-10,14-15H2,1-8H3,(H,21,22)(H,23,26). The number of aromatic nitrogens is 1. The maximum atomic E-state index is 12.3. The van der Waals surface area contributed by atoms with E-state index < -0.39 is 11.1 Å². The van der Waals surface area contributed by atoms with E-state index in [-0.39, 0.29) is 6.09 Å². The zero-order chi connectivity index (χ0) is 20.7. The molecule has 0 fully saturated rings. The summed E-state index contributed by atoms with van der Waals surface area (Å²) in [7, 11) is 5.80. The number of rotatable bonds is 7. The Kier molecular flexibility index (Phi) is 8.19. The highest BCUT2D eigenvalue weighted by molar-refractivity contribution is 5.79. The van der Waals surface area contributed by atoms with E-state index in [4.69, 9.17) is 4.74 Å². The van der Waals surface area contributed by atoms with E-state index in [1.807, 2.05) is 47.1 Å². The van der Waals surface area contributed by atoms with Gasteiger partial charge in [-0.25, -0.2) is 4.79 Å². The van der Waals surface area contributed by atoms with Gasteiger partial charge in [0, 0.05) is 39.6 Å². The maximum Gasteiger partial charge on any atom is 0.408 e. The highest BCUT2D eigenvalue weighted by Crippen LogP contribution is 2.16. The third kappa shape index (κ3) is 7.15. The molecule has 1 rings (SSSR count). The summed E-state index contributed by atoms with van der Waals surface area (Å²) in [5, 5.41) is 6.47. The number of aliphatic imine (C=N–C) groups is 1. The van der Waals surface area contributed by atoms with Crippen LogP contribution in [0.3, 0.4) is 0 Å². The minimum absolute atomic E-state index is 0.389. The summed E-state index contributed by atoms with van der Waals surface area (Å²) >= 11 is 0. The van der Waals surface area contributed by atoms with E-state index in [9.17, 15) is 4.79 Å². The van der Waals surface area contributed by atoms with Gasteiger partial charge in [-0.05, 0) is 45.7 Å². The van der Waals surface area contributed by atoms with Crippen molar-refractivity contribution in [1.82, 2.24) is 20.1 Å². The molecular weight excluding hydrogens is 342 g/mol. The second kappa shape index (κ2) is 9.67. The fourth-order valence-corrected chi connectivity index (χ4v) is 2.85. The largest absolute Gasteiger partial charge is 0.444 e. The predicted molar refractivity (Wildman–Crippen MR) is 111 cm³/mol. The molecule has 1 aromatic rings. The molecular formula is C20H37N5O2. The highest BCUT2D eigenvalue weighted by atomic mass is 16.6. The minimum atomic E-state index is -0.518. The van der Waals surface area contributed by atoms with Gasteiger partial charge in [-0.15, -0.1) is 0 Å². The van der Waals surface area contributed by atoms with Crippen LogP contribution in [0, 0.1) is 0 Å². The molecule has 0 aromatic carbocycles. The lowest BCUT2D eigenvalue weighted by molar-refractivity contribution is 0.0448. The number of alkyl carbamates (subject to hydrolysis) is 1. The summed E-state index contributed by atoms with van der Waals surface area (Å²) in [6.07, 6.45) is 3.21. The van der Waals surface area contributed by atoms with E-state index in [0.29, 0.717) is 6.54 Å². The van der Waals surface area contributed by atoms with E-state index >= 15 is 0 Å². The van der Waals surface area contributed by atoms with Crippen LogP contribution in [-0.2, 0) is 18.3 Å². The molecule has 1 heterocycles. The van der Waals surface area contributed by atoms with Crippen molar-refractivity contribution in [2.24, 2.45) is 12.0 Å². The van der Waals surface area contributed by atoms with Crippen molar-refractivity contribution >= 4 is 12.1 Å². The number of nitrogens with zero attached hydrogens (tertiary/aromatic N) is 3. The molecule has 0 radical (unpaired) electrons. The Morgan fingerprint density at radius 2 is 1.93 bits per heavy atom. The molecule has 0 atom stereocenters. The van der Waals surface area contributed by atoms with Crippen LogP contribution in [-0.4, -0.2) is 53.3 Å². The summed E-state index contributed by atoms with van der Waals surface area (Å²) in [5.41, 5.74) is 0.282. The van der Waals surface area contributed by atoms with Crippen molar-refractivity contribution in [2.75, 3.05) is 20.6 Å². The van der Waals surface area contributed by atoms with E-state index in [1.54, 1.807) is 7.05 Å². The SMILES string of the molecule is CCC(CC)(CNC(=NC)N(C)Cc1cccn1C)NC(=O)OC(C)(C)C. The van der Waals surface area contributed by atoms with Gasteiger partial charge in [-0.1, -0.05) is 13.8 Å². The summed E-state index contributed by atoms with van der Waals surface area (Å²) < 4.78 is 7.53. The molecule has 0 saturated heterocycles. The van der Waals surface area contributed by atoms with Crippen molar-refractivity contribution in [3.05, 3.63) is 24.0 Å². The first-order valence-electron chi connectivity index (χ1n) is 9.59. The Morgan fingerprint density at radius 3 is 2.37 bits per heavy atom. The lowest BCUT2D eigenvalue weighted by Gasteiger charge is -2.35. The minimum Gasteiger partial charge on any atom is -0.444 e. The fourth-order valence-electron chi connectivity index (χ4n) is 2.85. The topological polar surface area (TPSA) is 70.9 Å². The first kappa shape index (κ1) is 22.9. The molecule has 0 unspecified atom stereocenters. The van der Waals surface area contributed by atoms with Crippen LogP contribution in [0.5, 0.6) is 0 Å². The number of ether oxygens (including phenoxy) is 1. The van der Waals surface area contributed by atoms with Crippen molar-refractivity contribution in [3.63, 3.8) is 0 Å². The van der Waals surface area contributed by atoms with Crippen LogP contribution in [0.15, 0.2) is 23.3 Å². The van der Waals surface area contributed by atoms with Crippen LogP contribution in [0.4, 0.5) is 4.79 Å². The van der Waals surface area contributed by atoms with Gasteiger partial charge < -0.3 is 24.8 Å². The summed E-state index contributed by atoms with van der Waals surface area (Å²) in [6.45, 7) is 11.1. The highest BCUT2D eigenvalue weighted by Gasteiger charge is 2.31. The fraction of sp³-hybridized carbons (Fsp3) is 0.700. The van der Waals surface area contributed by atoms with Crippen LogP contribution in [0.1, 0.15) is 53.2 Å². The Morgan fingerprint density at radius 1 is 1.30 bits per heavy atom. The molecule has 1 amide bonds. The molecule has 0 bridgehead atoms. The van der Waals surface area contributed by atoms with Crippen LogP contribution in [0.25, 0.3) is 0 Å². The van der Waals surface area contributed by atoms with Gasteiger partial charge in [0.05, 0.1) is 12.1 Å². The zero-order valence-electron chi connectivity index (χ0n) is 18.2. The molecule has 7 heteroatoms. The number of aryl methyl sites for hydroxylation is 1. The van der Waals surface area contributed by atoms with Crippen LogP contribution >= 0.6 is 0 Å². The number of carbonyl (C=O) groups excluding carboxylic acids is 1. The number of carbonyl (C=O) groups is 1.